The molecule has 3 aromatic rings. The monoisotopic (exact) mass is 483 g/mol. The zero-order valence-corrected chi connectivity index (χ0v) is 19.5. The molecule has 11 heteroatoms. The highest BCUT2D eigenvalue weighted by Gasteiger charge is 2.27. The maximum absolute atomic E-state index is 13.0. The van der Waals surface area contributed by atoms with Crippen LogP contribution < -0.4 is 20.3 Å². The molecule has 2 aromatic heterocycles. The second-order valence-corrected chi connectivity index (χ2v) is 8.22. The third-order valence-electron chi connectivity index (χ3n) is 5.61. The SMILES string of the molecule is COc1ccc(CNc2nc(N3CCC[C@H]3CO)ncc2C(=O)NCc2ccncn2)cc1Cl. The molecule has 1 fully saturated rings. The van der Waals surface area contributed by atoms with Crippen molar-refractivity contribution in [3.05, 3.63) is 64.8 Å². The van der Waals surface area contributed by atoms with Crippen molar-refractivity contribution in [2.45, 2.75) is 32.0 Å². The van der Waals surface area contributed by atoms with Gasteiger partial charge in [0, 0.05) is 25.5 Å². The van der Waals surface area contributed by atoms with Gasteiger partial charge in [-0.3, -0.25) is 4.79 Å². The molecular weight excluding hydrogens is 458 g/mol. The molecule has 1 saturated heterocycles. The second-order valence-electron chi connectivity index (χ2n) is 7.81. The molecule has 4 rings (SSSR count). The van der Waals surface area contributed by atoms with Crippen LogP contribution in [-0.4, -0.2) is 57.3 Å². The molecular formula is C23H26ClN7O3. The van der Waals surface area contributed by atoms with E-state index in [-0.39, 0.29) is 25.1 Å². The quantitative estimate of drug-likeness (QED) is 0.420. The lowest BCUT2D eigenvalue weighted by molar-refractivity contribution is 0.0950. The molecule has 0 aliphatic carbocycles. The Morgan fingerprint density at radius 1 is 1.29 bits per heavy atom. The highest BCUT2D eigenvalue weighted by molar-refractivity contribution is 6.32. The Hall–Kier alpha value is -3.50. The predicted octanol–water partition coefficient (Wildman–Crippen LogP) is 2.43. The van der Waals surface area contributed by atoms with Gasteiger partial charge in [-0.2, -0.15) is 4.98 Å². The first kappa shape index (κ1) is 23.7. The average molecular weight is 484 g/mol. The topological polar surface area (TPSA) is 125 Å². The van der Waals surface area contributed by atoms with E-state index in [1.165, 1.54) is 12.5 Å². The number of methoxy groups -OCH3 is 1. The van der Waals surface area contributed by atoms with Crippen molar-refractivity contribution in [1.29, 1.82) is 0 Å². The Kier molecular flexibility index (Phi) is 7.71. The Balaban J connectivity index is 1.56. The number of anilines is 2. The van der Waals surface area contributed by atoms with E-state index in [9.17, 15) is 9.90 Å². The molecule has 1 aromatic carbocycles. The summed E-state index contributed by atoms with van der Waals surface area (Å²) in [5.41, 5.74) is 1.89. The normalized spacial score (nSPS) is 15.3. The van der Waals surface area contributed by atoms with Gasteiger partial charge in [-0.25, -0.2) is 15.0 Å². The smallest absolute Gasteiger partial charge is 0.256 e. The third kappa shape index (κ3) is 5.52. The summed E-state index contributed by atoms with van der Waals surface area (Å²) >= 11 is 6.25. The number of rotatable bonds is 9. The van der Waals surface area contributed by atoms with Crippen LogP contribution in [0.2, 0.25) is 5.02 Å². The number of hydrogen-bond donors (Lipinski definition) is 3. The van der Waals surface area contributed by atoms with Crippen LogP contribution in [0.1, 0.15) is 34.5 Å². The summed E-state index contributed by atoms with van der Waals surface area (Å²) in [6.07, 6.45) is 6.37. The lowest BCUT2D eigenvalue weighted by Crippen LogP contribution is -2.34. The second kappa shape index (κ2) is 11.1. The first-order chi connectivity index (χ1) is 16.6. The highest BCUT2D eigenvalue weighted by Crippen LogP contribution is 2.27. The van der Waals surface area contributed by atoms with Crippen LogP contribution in [0.5, 0.6) is 5.75 Å². The van der Waals surface area contributed by atoms with E-state index >= 15 is 0 Å². The van der Waals surface area contributed by atoms with Crippen molar-refractivity contribution in [2.24, 2.45) is 0 Å². The fourth-order valence-corrected chi connectivity index (χ4v) is 4.08. The van der Waals surface area contributed by atoms with E-state index in [1.807, 2.05) is 11.0 Å². The summed E-state index contributed by atoms with van der Waals surface area (Å²) in [5.74, 6) is 1.11. The zero-order chi connectivity index (χ0) is 23.9. The van der Waals surface area contributed by atoms with Gasteiger partial charge >= 0.3 is 0 Å². The summed E-state index contributed by atoms with van der Waals surface area (Å²) in [5, 5.41) is 16.3. The van der Waals surface area contributed by atoms with Crippen LogP contribution in [0.3, 0.4) is 0 Å². The van der Waals surface area contributed by atoms with E-state index < -0.39 is 0 Å². The Morgan fingerprint density at radius 2 is 2.18 bits per heavy atom. The zero-order valence-electron chi connectivity index (χ0n) is 18.7. The lowest BCUT2D eigenvalue weighted by Gasteiger charge is -2.24. The molecule has 0 saturated carbocycles. The molecule has 1 atom stereocenters. The van der Waals surface area contributed by atoms with E-state index in [4.69, 9.17) is 16.3 Å². The number of nitrogens with one attached hydrogen (secondary N) is 2. The van der Waals surface area contributed by atoms with Crippen LogP contribution in [0.25, 0.3) is 0 Å². The van der Waals surface area contributed by atoms with Crippen LogP contribution in [0, 0.1) is 0 Å². The molecule has 1 aliphatic heterocycles. The van der Waals surface area contributed by atoms with Crippen molar-refractivity contribution in [3.8, 4) is 5.75 Å². The van der Waals surface area contributed by atoms with E-state index in [0.717, 1.165) is 24.9 Å². The van der Waals surface area contributed by atoms with Crippen molar-refractivity contribution in [2.75, 3.05) is 30.5 Å². The van der Waals surface area contributed by atoms with Gasteiger partial charge in [-0.1, -0.05) is 17.7 Å². The first-order valence-electron chi connectivity index (χ1n) is 10.9. The van der Waals surface area contributed by atoms with Crippen LogP contribution in [0.15, 0.2) is 43.0 Å². The van der Waals surface area contributed by atoms with Crippen molar-refractivity contribution < 1.29 is 14.6 Å². The molecule has 1 amide bonds. The number of amides is 1. The van der Waals surface area contributed by atoms with Gasteiger partial charge in [0.25, 0.3) is 5.91 Å². The number of ether oxygens (including phenoxy) is 1. The number of carbonyl (C=O) groups excluding carboxylic acids is 1. The molecule has 0 spiro atoms. The number of halogens is 1. The minimum atomic E-state index is -0.333. The highest BCUT2D eigenvalue weighted by atomic mass is 35.5. The molecule has 3 N–H and O–H groups in total. The largest absolute Gasteiger partial charge is 0.495 e. The van der Waals surface area contributed by atoms with Crippen LogP contribution >= 0.6 is 11.6 Å². The molecule has 34 heavy (non-hydrogen) atoms. The maximum atomic E-state index is 13.0. The van der Waals surface area contributed by atoms with Crippen LogP contribution in [-0.2, 0) is 13.1 Å². The molecule has 0 unspecified atom stereocenters. The van der Waals surface area contributed by atoms with Gasteiger partial charge in [0.05, 0.1) is 37.0 Å². The van der Waals surface area contributed by atoms with Crippen molar-refractivity contribution >= 4 is 29.3 Å². The number of carbonyl (C=O) groups is 1. The van der Waals surface area contributed by atoms with Crippen molar-refractivity contribution in [3.63, 3.8) is 0 Å². The van der Waals surface area contributed by atoms with Gasteiger partial charge < -0.3 is 25.4 Å². The number of aliphatic hydroxyl groups excluding tert-OH is 1. The first-order valence-corrected chi connectivity index (χ1v) is 11.3. The summed E-state index contributed by atoms with van der Waals surface area (Å²) in [7, 11) is 1.56. The molecule has 178 valence electrons. The predicted molar refractivity (Wildman–Crippen MR) is 128 cm³/mol. The molecule has 0 bridgehead atoms. The third-order valence-corrected chi connectivity index (χ3v) is 5.91. The van der Waals surface area contributed by atoms with Gasteiger partial charge in [0.1, 0.15) is 23.5 Å². The van der Waals surface area contributed by atoms with Crippen molar-refractivity contribution in [1.82, 2.24) is 25.3 Å². The summed E-state index contributed by atoms with van der Waals surface area (Å²) in [6, 6.07) is 7.17. The number of aromatic nitrogens is 4. The average Bonchev–Trinajstić information content (AvgIpc) is 3.35. The summed E-state index contributed by atoms with van der Waals surface area (Å²) in [4.78, 5) is 32.0. The standard InChI is InChI=1S/C23H26ClN7O3/c1-34-20-5-4-15(9-19(20)24)10-26-21-18(22(33)27-11-16-6-7-25-14-29-16)12-28-23(30-21)31-8-2-3-17(31)13-32/h4-7,9,12,14,17,32H,2-3,8,10-11,13H2,1H3,(H,27,33)(H,26,28,30)/t17-/m0/s1. The van der Waals surface area contributed by atoms with E-state index in [1.54, 1.807) is 31.5 Å². The fourth-order valence-electron chi connectivity index (χ4n) is 3.79. The molecule has 3 heterocycles. The maximum Gasteiger partial charge on any atom is 0.256 e. The number of aliphatic hydroxyl groups is 1. The van der Waals surface area contributed by atoms with Gasteiger partial charge in [0.15, 0.2) is 0 Å². The lowest BCUT2D eigenvalue weighted by atomic mass is 10.2. The minimum Gasteiger partial charge on any atom is -0.495 e. The van der Waals surface area contributed by atoms with Gasteiger partial charge in [-0.05, 0) is 36.6 Å². The van der Waals surface area contributed by atoms with Gasteiger partial charge in [-0.15, -0.1) is 0 Å². The molecule has 1 aliphatic rings. The molecule has 0 radical (unpaired) electrons. The Labute approximate surface area is 202 Å². The molecule has 10 nitrogen and oxygen atoms in total. The number of benzene rings is 1. The van der Waals surface area contributed by atoms with Gasteiger partial charge in [0.2, 0.25) is 5.95 Å². The van der Waals surface area contributed by atoms with Crippen LogP contribution in [0.4, 0.5) is 11.8 Å². The van der Waals surface area contributed by atoms with E-state index in [2.05, 4.69) is 30.6 Å². The Morgan fingerprint density at radius 3 is 2.91 bits per heavy atom. The number of hydrogen-bond acceptors (Lipinski definition) is 9. The number of nitrogens with zero attached hydrogens (tertiary/aromatic N) is 5. The minimum absolute atomic E-state index is 0.0254. The Bertz CT molecular complexity index is 1130. The van der Waals surface area contributed by atoms with E-state index in [0.29, 0.717) is 40.3 Å². The fraction of sp³-hybridized carbons (Fsp3) is 0.348. The summed E-state index contributed by atoms with van der Waals surface area (Å²) < 4.78 is 5.21. The summed E-state index contributed by atoms with van der Waals surface area (Å²) in [6.45, 7) is 1.40.